The number of anilines is 2. The number of pyridine rings is 1. The highest BCUT2D eigenvalue weighted by Gasteiger charge is 2.24. The quantitative estimate of drug-likeness (QED) is 0.497. The van der Waals surface area contributed by atoms with Crippen LogP contribution in [0.15, 0.2) is 41.4 Å². The van der Waals surface area contributed by atoms with Gasteiger partial charge in [-0.15, -0.1) is 0 Å². The molecule has 9 nitrogen and oxygen atoms in total. The Hall–Kier alpha value is -2.69. The van der Waals surface area contributed by atoms with Crippen molar-refractivity contribution in [1.29, 1.82) is 0 Å². The predicted octanol–water partition coefficient (Wildman–Crippen LogP) is 2.15. The molecule has 0 spiro atoms. The molecule has 0 aliphatic carbocycles. The molecular formula is C24H33N5O4S. The van der Waals surface area contributed by atoms with Crippen LogP contribution in [0.2, 0.25) is 0 Å². The number of sulfonamides is 1. The van der Waals surface area contributed by atoms with E-state index >= 15 is 0 Å². The third-order valence-corrected chi connectivity index (χ3v) is 7.46. The van der Waals surface area contributed by atoms with Crippen LogP contribution in [0.25, 0.3) is 0 Å². The van der Waals surface area contributed by atoms with Gasteiger partial charge in [0, 0.05) is 39.3 Å². The van der Waals surface area contributed by atoms with Gasteiger partial charge in [-0.25, -0.2) is 13.4 Å². The second kappa shape index (κ2) is 11.2. The first-order valence-electron chi connectivity index (χ1n) is 11.9. The monoisotopic (exact) mass is 487 g/mol. The van der Waals surface area contributed by atoms with Gasteiger partial charge in [0.2, 0.25) is 0 Å². The highest BCUT2D eigenvalue weighted by Crippen LogP contribution is 2.24. The number of aromatic nitrogens is 1. The number of carbonyl (C=O) groups excluding carboxylic acids is 1. The van der Waals surface area contributed by atoms with Crippen LogP contribution in [0, 0.1) is 0 Å². The molecule has 0 saturated carbocycles. The number of aryl methyl sites for hydroxylation is 1. The summed E-state index contributed by atoms with van der Waals surface area (Å²) in [4.78, 5) is 19.8. The number of hydrogen-bond acceptors (Lipinski definition) is 7. The Morgan fingerprint density at radius 1 is 1.24 bits per heavy atom. The summed E-state index contributed by atoms with van der Waals surface area (Å²) < 4.78 is 34.1. The zero-order valence-electron chi connectivity index (χ0n) is 19.5. The molecule has 2 aliphatic rings. The molecule has 1 amide bonds. The Balaban J connectivity index is 1.55. The van der Waals surface area contributed by atoms with Crippen LogP contribution in [0.1, 0.15) is 42.1 Å². The summed E-state index contributed by atoms with van der Waals surface area (Å²) in [7, 11) is -3.82. The largest absolute Gasteiger partial charge is 0.376 e. The van der Waals surface area contributed by atoms with Crippen molar-refractivity contribution < 1.29 is 17.9 Å². The van der Waals surface area contributed by atoms with Crippen LogP contribution in [0.3, 0.4) is 0 Å². The lowest BCUT2D eigenvalue weighted by atomic mass is 10.1. The molecule has 1 aromatic heterocycles. The average Bonchev–Trinajstić information content (AvgIpc) is 3.37. The summed E-state index contributed by atoms with van der Waals surface area (Å²) in [6, 6.07) is 8.43. The van der Waals surface area contributed by atoms with Crippen molar-refractivity contribution in [2.45, 2.75) is 43.6 Å². The number of rotatable bonds is 9. The highest BCUT2D eigenvalue weighted by atomic mass is 32.2. The number of ether oxygens (including phenoxy) is 1. The molecule has 0 bridgehead atoms. The van der Waals surface area contributed by atoms with Crippen molar-refractivity contribution in [2.75, 3.05) is 49.0 Å². The maximum absolute atomic E-state index is 13.1. The molecule has 2 aromatic rings. The summed E-state index contributed by atoms with van der Waals surface area (Å²) in [6.07, 6.45) is 5.28. The zero-order valence-corrected chi connectivity index (χ0v) is 20.4. The number of benzene rings is 1. The minimum atomic E-state index is -3.82. The first-order valence-corrected chi connectivity index (χ1v) is 13.4. The van der Waals surface area contributed by atoms with Crippen molar-refractivity contribution in [1.82, 2.24) is 15.6 Å². The first-order chi connectivity index (χ1) is 16.5. The van der Waals surface area contributed by atoms with E-state index in [1.807, 2.05) is 17.0 Å². The smallest absolute Gasteiger partial charge is 0.261 e. The number of nitrogens with one attached hydrogen (secondary N) is 3. The van der Waals surface area contributed by atoms with Crippen molar-refractivity contribution >= 4 is 27.4 Å². The lowest BCUT2D eigenvalue weighted by Crippen LogP contribution is -2.45. The lowest BCUT2D eigenvalue weighted by Gasteiger charge is -2.30. The molecular weight excluding hydrogens is 454 g/mol. The van der Waals surface area contributed by atoms with Gasteiger partial charge in [-0.1, -0.05) is 25.5 Å². The summed E-state index contributed by atoms with van der Waals surface area (Å²) in [5.41, 5.74) is 1.69. The van der Waals surface area contributed by atoms with Gasteiger partial charge in [-0.05, 0) is 43.0 Å². The summed E-state index contributed by atoms with van der Waals surface area (Å²) in [5.74, 6) is 0.264. The second-order valence-corrected chi connectivity index (χ2v) is 10.4. The van der Waals surface area contributed by atoms with Crippen LogP contribution >= 0.6 is 0 Å². The molecule has 34 heavy (non-hydrogen) atoms. The van der Waals surface area contributed by atoms with Gasteiger partial charge >= 0.3 is 0 Å². The molecule has 3 N–H and O–H groups in total. The predicted molar refractivity (Wildman–Crippen MR) is 132 cm³/mol. The first kappa shape index (κ1) is 24.4. The van der Waals surface area contributed by atoms with E-state index < -0.39 is 10.0 Å². The highest BCUT2D eigenvalue weighted by molar-refractivity contribution is 7.92. The van der Waals surface area contributed by atoms with Crippen LogP contribution in [-0.2, 0) is 21.2 Å². The lowest BCUT2D eigenvalue weighted by molar-refractivity contribution is 0.0858. The van der Waals surface area contributed by atoms with E-state index in [2.05, 4.69) is 27.3 Å². The third kappa shape index (κ3) is 6.05. The van der Waals surface area contributed by atoms with Crippen molar-refractivity contribution in [3.63, 3.8) is 0 Å². The van der Waals surface area contributed by atoms with Gasteiger partial charge < -0.3 is 20.3 Å². The molecule has 2 fully saturated rings. The Bertz CT molecular complexity index is 1080. The molecule has 184 valence electrons. The van der Waals surface area contributed by atoms with Crippen molar-refractivity contribution in [3.8, 4) is 0 Å². The average molecular weight is 488 g/mol. The summed E-state index contributed by atoms with van der Waals surface area (Å²) in [6.45, 7) is 6.23. The van der Waals surface area contributed by atoms with Crippen LogP contribution in [0.5, 0.6) is 0 Å². The van der Waals surface area contributed by atoms with E-state index in [0.29, 0.717) is 37.6 Å². The van der Waals surface area contributed by atoms with E-state index in [4.69, 9.17) is 4.74 Å². The van der Waals surface area contributed by atoms with Gasteiger partial charge in [0.05, 0.1) is 28.4 Å². The SMILES string of the molecule is CCCc1ccc(S(=O)(=O)Nc2cnc(N3CCNCC3)c(C(=O)NC[C@@H]3CCCO3)c2)cc1. The van der Waals surface area contributed by atoms with E-state index in [-0.39, 0.29) is 22.6 Å². The molecule has 4 rings (SSSR count). The van der Waals surface area contributed by atoms with Crippen molar-refractivity contribution in [3.05, 3.63) is 47.7 Å². The molecule has 0 unspecified atom stereocenters. The van der Waals surface area contributed by atoms with E-state index in [0.717, 1.165) is 44.3 Å². The van der Waals surface area contributed by atoms with Gasteiger partial charge in [-0.2, -0.15) is 0 Å². The topological polar surface area (TPSA) is 113 Å². The molecule has 0 radical (unpaired) electrons. The summed E-state index contributed by atoms with van der Waals surface area (Å²) in [5, 5.41) is 6.23. The molecule has 2 aliphatic heterocycles. The number of nitrogens with zero attached hydrogens (tertiary/aromatic N) is 2. The molecule has 1 atom stereocenters. The van der Waals surface area contributed by atoms with Crippen LogP contribution in [-0.4, -0.2) is 64.7 Å². The Morgan fingerprint density at radius 2 is 2.00 bits per heavy atom. The number of amides is 1. The number of hydrogen-bond donors (Lipinski definition) is 3. The summed E-state index contributed by atoms with van der Waals surface area (Å²) >= 11 is 0. The van der Waals surface area contributed by atoms with E-state index in [1.54, 1.807) is 18.2 Å². The fourth-order valence-electron chi connectivity index (χ4n) is 4.25. The number of carbonyl (C=O) groups is 1. The maximum Gasteiger partial charge on any atom is 0.261 e. The van der Waals surface area contributed by atoms with Crippen LogP contribution in [0.4, 0.5) is 11.5 Å². The minimum absolute atomic E-state index is 0.0110. The third-order valence-electron chi connectivity index (χ3n) is 6.07. The fraction of sp³-hybridized carbons (Fsp3) is 0.500. The standard InChI is InChI=1S/C24H33N5O4S/c1-2-4-18-6-8-21(9-7-18)34(31,32)28-19-15-22(24(30)27-17-20-5-3-14-33-20)23(26-16-19)29-12-10-25-11-13-29/h6-9,15-16,20,25,28H,2-5,10-14,17H2,1H3,(H,27,30)/t20-/m0/s1. The second-order valence-electron chi connectivity index (χ2n) is 8.68. The molecule has 10 heteroatoms. The van der Waals surface area contributed by atoms with Gasteiger partial charge in [0.1, 0.15) is 5.82 Å². The number of piperazine rings is 1. The van der Waals surface area contributed by atoms with E-state index in [1.165, 1.54) is 6.20 Å². The maximum atomic E-state index is 13.1. The fourth-order valence-corrected chi connectivity index (χ4v) is 5.29. The molecule has 3 heterocycles. The van der Waals surface area contributed by atoms with Gasteiger partial charge in [-0.3, -0.25) is 9.52 Å². The van der Waals surface area contributed by atoms with Gasteiger partial charge in [0.15, 0.2) is 0 Å². The molecule has 1 aromatic carbocycles. The van der Waals surface area contributed by atoms with E-state index in [9.17, 15) is 13.2 Å². The Morgan fingerprint density at radius 3 is 2.68 bits per heavy atom. The zero-order chi connectivity index (χ0) is 24.0. The Labute approximate surface area is 201 Å². The van der Waals surface area contributed by atoms with Gasteiger partial charge in [0.25, 0.3) is 15.9 Å². The van der Waals surface area contributed by atoms with Crippen LogP contribution < -0.4 is 20.3 Å². The Kier molecular flexibility index (Phi) is 8.02. The minimum Gasteiger partial charge on any atom is -0.376 e. The van der Waals surface area contributed by atoms with Crippen molar-refractivity contribution in [2.24, 2.45) is 0 Å². The molecule has 2 saturated heterocycles. The normalized spacial score (nSPS) is 18.6.